The fourth-order valence-electron chi connectivity index (χ4n) is 10.9. The lowest BCUT2D eigenvalue weighted by Crippen LogP contribution is -2.30. The summed E-state index contributed by atoms with van der Waals surface area (Å²) in [6.45, 7) is 6.64. The van der Waals surface area contributed by atoms with E-state index < -0.39 is 6.10 Å². The molecule has 0 aromatic rings. The van der Waals surface area contributed by atoms with Gasteiger partial charge in [0.15, 0.2) is 6.10 Å². The van der Waals surface area contributed by atoms with E-state index in [1.54, 1.807) is 0 Å². The van der Waals surface area contributed by atoms with Crippen LogP contribution >= 0.6 is 0 Å². The van der Waals surface area contributed by atoms with Gasteiger partial charge in [-0.3, -0.25) is 14.4 Å². The van der Waals surface area contributed by atoms with E-state index in [1.165, 1.54) is 289 Å². The van der Waals surface area contributed by atoms with Crippen molar-refractivity contribution in [1.29, 1.82) is 0 Å². The van der Waals surface area contributed by atoms with Crippen molar-refractivity contribution in [1.82, 2.24) is 0 Å². The average Bonchev–Trinajstić information content (AvgIpc) is 3.46. The quantitative estimate of drug-likeness (QED) is 0.0261. The molecule has 1 unspecified atom stereocenters. The summed E-state index contributed by atoms with van der Waals surface area (Å²) in [6, 6.07) is 0. The molecule has 0 fully saturated rings. The number of hydrogen-bond donors (Lipinski definition) is 0. The third-order valence-electron chi connectivity index (χ3n) is 16.3. The minimum Gasteiger partial charge on any atom is -0.462 e. The van der Waals surface area contributed by atoms with Crippen LogP contribution in [0.2, 0.25) is 0 Å². The zero-order valence-corrected chi connectivity index (χ0v) is 54.1. The highest BCUT2D eigenvalue weighted by Crippen LogP contribution is 2.18. The first kappa shape index (κ1) is 77.6. The minimum atomic E-state index is -0.775. The Kier molecular flexibility index (Phi) is 67.1. The number of hydrogen-bond acceptors (Lipinski definition) is 6. The first-order valence-corrected chi connectivity index (χ1v) is 36.0. The van der Waals surface area contributed by atoms with Crippen molar-refractivity contribution in [2.75, 3.05) is 13.2 Å². The Bertz CT molecular complexity index is 1340. The molecule has 1 atom stereocenters. The molecule has 0 aromatic heterocycles. The largest absolute Gasteiger partial charge is 0.462 e. The zero-order valence-electron chi connectivity index (χ0n) is 54.1. The van der Waals surface area contributed by atoms with E-state index >= 15 is 0 Å². The smallest absolute Gasteiger partial charge is 0.306 e. The summed E-state index contributed by atoms with van der Waals surface area (Å²) < 4.78 is 16.9. The Hall–Kier alpha value is -2.37. The first-order valence-electron chi connectivity index (χ1n) is 36.0. The predicted octanol–water partition coefficient (Wildman–Crippen LogP) is 24.7. The second-order valence-electron chi connectivity index (χ2n) is 24.5. The molecular weight excluding hydrogens is 985 g/mol. The third kappa shape index (κ3) is 66.4. The Morgan fingerprint density at radius 3 is 0.675 bits per heavy atom. The van der Waals surface area contributed by atoms with Gasteiger partial charge in [0.05, 0.1) is 0 Å². The van der Waals surface area contributed by atoms with Gasteiger partial charge in [-0.25, -0.2) is 0 Å². The first-order chi connectivity index (χ1) is 39.5. The third-order valence-corrected chi connectivity index (χ3v) is 16.3. The van der Waals surface area contributed by atoms with E-state index in [0.717, 1.165) is 70.6 Å². The summed E-state index contributed by atoms with van der Waals surface area (Å²) in [5.41, 5.74) is 0. The van der Waals surface area contributed by atoms with Gasteiger partial charge in [0.1, 0.15) is 13.2 Å². The molecule has 0 aromatic carbocycles. The number of allylic oxidation sites excluding steroid dienone is 6. The molecule has 80 heavy (non-hydrogen) atoms. The Morgan fingerprint density at radius 1 is 0.237 bits per heavy atom. The number of carbonyl (C=O) groups is 3. The maximum absolute atomic E-state index is 12.9. The fraction of sp³-hybridized carbons (Fsp3) is 0.878. The van der Waals surface area contributed by atoms with Crippen LogP contribution in [0.4, 0.5) is 0 Å². The maximum Gasteiger partial charge on any atom is 0.306 e. The number of esters is 3. The molecule has 0 rings (SSSR count). The van der Waals surface area contributed by atoms with Gasteiger partial charge in [-0.1, -0.05) is 327 Å². The van der Waals surface area contributed by atoms with E-state index in [1.807, 2.05) is 0 Å². The molecule has 0 aliphatic rings. The van der Waals surface area contributed by atoms with Crippen LogP contribution in [0.3, 0.4) is 0 Å². The summed E-state index contributed by atoms with van der Waals surface area (Å²) in [7, 11) is 0. The molecule has 0 amide bonds. The molecule has 0 aliphatic carbocycles. The van der Waals surface area contributed by atoms with Crippen molar-refractivity contribution in [3.05, 3.63) is 36.5 Å². The van der Waals surface area contributed by atoms with E-state index in [9.17, 15) is 14.4 Å². The van der Waals surface area contributed by atoms with E-state index in [0.29, 0.717) is 19.3 Å². The van der Waals surface area contributed by atoms with Crippen LogP contribution in [0, 0.1) is 0 Å². The second kappa shape index (κ2) is 69.1. The highest BCUT2D eigenvalue weighted by atomic mass is 16.6. The zero-order chi connectivity index (χ0) is 57.8. The highest BCUT2D eigenvalue weighted by molar-refractivity contribution is 5.71. The van der Waals surface area contributed by atoms with Crippen LogP contribution in [-0.4, -0.2) is 37.2 Å². The maximum atomic E-state index is 12.9. The van der Waals surface area contributed by atoms with Gasteiger partial charge in [-0.15, -0.1) is 0 Å². The Morgan fingerprint density at radius 2 is 0.438 bits per heavy atom. The molecule has 0 saturated heterocycles. The van der Waals surface area contributed by atoms with Crippen LogP contribution in [-0.2, 0) is 28.6 Å². The number of ether oxygens (including phenoxy) is 3. The number of carbonyl (C=O) groups excluding carboxylic acids is 3. The molecule has 0 aliphatic heterocycles. The summed E-state index contributed by atoms with van der Waals surface area (Å²) >= 11 is 0. The highest BCUT2D eigenvalue weighted by Gasteiger charge is 2.19. The van der Waals surface area contributed by atoms with Gasteiger partial charge in [0, 0.05) is 19.3 Å². The van der Waals surface area contributed by atoms with Gasteiger partial charge in [0.2, 0.25) is 0 Å². The topological polar surface area (TPSA) is 78.9 Å². The van der Waals surface area contributed by atoms with Crippen LogP contribution < -0.4 is 0 Å². The van der Waals surface area contributed by atoms with Gasteiger partial charge in [-0.05, 0) is 89.9 Å². The lowest BCUT2D eigenvalue weighted by Gasteiger charge is -2.18. The monoisotopic (exact) mass is 1120 g/mol. The van der Waals surface area contributed by atoms with Gasteiger partial charge in [-0.2, -0.15) is 0 Å². The Balaban J connectivity index is 4.09. The van der Waals surface area contributed by atoms with Crippen molar-refractivity contribution in [3.8, 4) is 0 Å². The van der Waals surface area contributed by atoms with E-state index in [-0.39, 0.29) is 31.1 Å². The fourth-order valence-corrected chi connectivity index (χ4v) is 10.9. The van der Waals surface area contributed by atoms with Crippen LogP contribution in [0.15, 0.2) is 36.5 Å². The molecule has 470 valence electrons. The van der Waals surface area contributed by atoms with Crippen molar-refractivity contribution >= 4 is 17.9 Å². The molecule has 6 heteroatoms. The Labute approximate surface area is 499 Å². The number of rotatable bonds is 67. The normalized spacial score (nSPS) is 12.2. The molecule has 6 nitrogen and oxygen atoms in total. The van der Waals surface area contributed by atoms with Gasteiger partial charge in [0.25, 0.3) is 0 Å². The minimum absolute atomic E-state index is 0.0712. The molecule has 0 radical (unpaired) electrons. The van der Waals surface area contributed by atoms with Crippen LogP contribution in [0.25, 0.3) is 0 Å². The lowest BCUT2D eigenvalue weighted by molar-refractivity contribution is -0.167. The molecule has 0 heterocycles. The predicted molar refractivity (Wildman–Crippen MR) is 349 cm³/mol. The number of unbranched alkanes of at least 4 members (excludes halogenated alkanes) is 50. The van der Waals surface area contributed by atoms with Crippen LogP contribution in [0.1, 0.15) is 400 Å². The van der Waals surface area contributed by atoms with Crippen molar-refractivity contribution in [3.63, 3.8) is 0 Å². The van der Waals surface area contributed by atoms with E-state index in [4.69, 9.17) is 14.2 Å². The summed E-state index contributed by atoms with van der Waals surface area (Å²) in [6.07, 6.45) is 86.3. The van der Waals surface area contributed by atoms with Crippen molar-refractivity contribution in [2.24, 2.45) is 0 Å². The molecule has 0 spiro atoms. The van der Waals surface area contributed by atoms with Crippen molar-refractivity contribution in [2.45, 2.75) is 406 Å². The van der Waals surface area contributed by atoms with Gasteiger partial charge >= 0.3 is 17.9 Å². The summed E-state index contributed by atoms with van der Waals surface area (Å²) in [5, 5.41) is 0. The molecular formula is C74H138O6. The summed E-state index contributed by atoms with van der Waals surface area (Å²) in [5.74, 6) is -0.859. The SMILES string of the molecule is CCC/C=C\CCCCCCCC(=O)OCC(COC(=O)CCCCCCCCCCCCCCCCCCCCC/C=C\CCCCCCCCCC)OC(=O)CCCCCCCCCCC/C=C\CCCCCCCCCC. The molecule has 0 saturated carbocycles. The molecule has 0 N–H and O–H groups in total. The van der Waals surface area contributed by atoms with Crippen LogP contribution in [0.5, 0.6) is 0 Å². The summed E-state index contributed by atoms with van der Waals surface area (Å²) in [4.78, 5) is 38.3. The van der Waals surface area contributed by atoms with Crippen molar-refractivity contribution < 1.29 is 28.6 Å². The average molecular weight is 1120 g/mol. The molecule has 0 bridgehead atoms. The van der Waals surface area contributed by atoms with Gasteiger partial charge < -0.3 is 14.2 Å². The second-order valence-corrected chi connectivity index (χ2v) is 24.5. The lowest BCUT2D eigenvalue weighted by atomic mass is 10.0. The van der Waals surface area contributed by atoms with E-state index in [2.05, 4.69) is 57.2 Å². The standard InChI is InChI=1S/C74H138O6/c1-4-7-10-13-16-19-22-24-26-28-30-32-33-34-35-36-37-38-39-40-41-43-44-46-48-50-52-55-58-61-64-67-73(76)79-70-71(69-78-72(75)66-63-60-57-54-21-18-15-12-9-6-3)80-74(77)68-65-62-59-56-53-51-49-47-45-42-31-29-27-25-23-20-17-14-11-8-5-2/h12,15,28-31,71H,4-11,13-14,16-27,32-70H2,1-3H3/b15-12-,30-28-,31-29-.